The Morgan fingerprint density at radius 3 is 2.54 bits per heavy atom. The zero-order valence-corrected chi connectivity index (χ0v) is 9.41. The van der Waals surface area contributed by atoms with Crippen molar-refractivity contribution < 1.29 is 9.90 Å². The van der Waals surface area contributed by atoms with E-state index >= 15 is 0 Å². The van der Waals surface area contributed by atoms with Gasteiger partial charge in [-0.15, -0.1) is 0 Å². The predicted molar refractivity (Wildman–Crippen MR) is 57.3 cm³/mol. The van der Waals surface area contributed by atoms with E-state index in [0.29, 0.717) is 12.3 Å². The molecule has 0 rings (SSSR count). The molecule has 0 saturated heterocycles. The monoisotopic (exact) mass is 205 g/mol. The van der Waals surface area contributed by atoms with Gasteiger partial charge in [0.25, 0.3) is 0 Å². The summed E-state index contributed by atoms with van der Waals surface area (Å²) in [6, 6.07) is 0. The van der Waals surface area contributed by atoms with E-state index in [0.717, 1.165) is 12.2 Å². The third-order valence-electron chi connectivity index (χ3n) is 1.78. The van der Waals surface area contributed by atoms with Gasteiger partial charge in [0.2, 0.25) is 0 Å². The first kappa shape index (κ1) is 12.8. The summed E-state index contributed by atoms with van der Waals surface area (Å²) in [6.45, 7) is 6.45. The molecule has 0 aliphatic heterocycles. The van der Waals surface area contributed by atoms with Crippen LogP contribution in [0.2, 0.25) is 0 Å². The number of carboxylic acid groups (broad SMARTS) is 1. The fourth-order valence-corrected chi connectivity index (χ4v) is 2.07. The second kappa shape index (κ2) is 6.27. The van der Waals surface area contributed by atoms with E-state index in [1.54, 1.807) is 18.7 Å². The first-order valence-electron chi connectivity index (χ1n) is 4.63. The number of nitrogens with one attached hydrogen (secondary N) is 1. The van der Waals surface area contributed by atoms with Gasteiger partial charge in [-0.2, -0.15) is 11.8 Å². The molecule has 2 N–H and O–H groups in total. The van der Waals surface area contributed by atoms with Crippen molar-refractivity contribution in [2.75, 3.05) is 18.1 Å². The highest BCUT2D eigenvalue weighted by Gasteiger charge is 2.31. The highest BCUT2D eigenvalue weighted by atomic mass is 32.2. The molecule has 0 aromatic rings. The number of thioether (sulfide) groups is 1. The van der Waals surface area contributed by atoms with Gasteiger partial charge in [-0.25, -0.2) is 0 Å². The Morgan fingerprint density at radius 2 is 2.15 bits per heavy atom. The van der Waals surface area contributed by atoms with Crippen LogP contribution >= 0.6 is 11.8 Å². The van der Waals surface area contributed by atoms with Gasteiger partial charge in [-0.3, -0.25) is 4.79 Å². The number of carbonyl (C=O) groups is 1. The topological polar surface area (TPSA) is 49.3 Å². The average molecular weight is 205 g/mol. The Bertz CT molecular complexity index is 164. The minimum Gasteiger partial charge on any atom is -0.480 e. The van der Waals surface area contributed by atoms with Crippen LogP contribution in [0.3, 0.4) is 0 Å². The van der Waals surface area contributed by atoms with Crippen molar-refractivity contribution in [2.45, 2.75) is 32.7 Å². The maximum absolute atomic E-state index is 10.9. The SMILES string of the molecule is CCCSCC(C)(NCC)C(=O)O. The fraction of sp³-hybridized carbons (Fsp3) is 0.889. The van der Waals surface area contributed by atoms with Gasteiger partial charge in [0.1, 0.15) is 5.54 Å². The molecule has 0 heterocycles. The lowest BCUT2D eigenvalue weighted by atomic mass is 10.1. The lowest BCUT2D eigenvalue weighted by molar-refractivity contribution is -0.143. The Labute approximate surface area is 84.3 Å². The normalized spacial score (nSPS) is 15.3. The molecular formula is C9H19NO2S. The van der Waals surface area contributed by atoms with Crippen LogP contribution < -0.4 is 5.32 Å². The quantitative estimate of drug-likeness (QED) is 0.620. The molecule has 0 fully saturated rings. The Balaban J connectivity index is 4.00. The summed E-state index contributed by atoms with van der Waals surface area (Å²) < 4.78 is 0. The molecule has 0 radical (unpaired) electrons. The lowest BCUT2D eigenvalue weighted by Gasteiger charge is -2.25. The second-order valence-electron chi connectivity index (χ2n) is 3.22. The molecule has 3 nitrogen and oxygen atoms in total. The molecule has 0 spiro atoms. The minimum atomic E-state index is -0.769. The van der Waals surface area contributed by atoms with E-state index in [1.165, 1.54) is 0 Å². The Hall–Kier alpha value is -0.220. The molecule has 0 bridgehead atoms. The molecule has 1 atom stereocenters. The van der Waals surface area contributed by atoms with Crippen LogP contribution in [0.5, 0.6) is 0 Å². The molecule has 13 heavy (non-hydrogen) atoms. The number of carboxylic acids is 1. The third-order valence-corrected chi connectivity index (χ3v) is 3.26. The molecule has 0 aliphatic carbocycles. The molecule has 0 amide bonds. The third kappa shape index (κ3) is 4.52. The van der Waals surface area contributed by atoms with Crippen molar-refractivity contribution in [3.8, 4) is 0 Å². The molecular weight excluding hydrogens is 186 g/mol. The highest BCUT2D eigenvalue weighted by molar-refractivity contribution is 7.99. The maximum Gasteiger partial charge on any atom is 0.324 e. The molecule has 78 valence electrons. The summed E-state index contributed by atoms with van der Waals surface area (Å²) in [6.07, 6.45) is 1.09. The van der Waals surface area contributed by atoms with Crippen LogP contribution in [-0.4, -0.2) is 34.7 Å². The lowest BCUT2D eigenvalue weighted by Crippen LogP contribution is -2.51. The van der Waals surface area contributed by atoms with Crippen LogP contribution in [0.1, 0.15) is 27.2 Å². The van der Waals surface area contributed by atoms with E-state index in [9.17, 15) is 4.79 Å². The summed E-state index contributed by atoms with van der Waals surface area (Å²) >= 11 is 1.69. The van der Waals surface area contributed by atoms with Crippen LogP contribution in [-0.2, 0) is 4.79 Å². The molecule has 0 aromatic carbocycles. The van der Waals surface area contributed by atoms with Gasteiger partial charge in [0, 0.05) is 5.75 Å². The van der Waals surface area contributed by atoms with Crippen molar-refractivity contribution in [1.82, 2.24) is 5.32 Å². The molecule has 0 aromatic heterocycles. The Morgan fingerprint density at radius 1 is 1.54 bits per heavy atom. The van der Waals surface area contributed by atoms with Crippen LogP contribution in [0.4, 0.5) is 0 Å². The van der Waals surface area contributed by atoms with Gasteiger partial charge in [-0.1, -0.05) is 13.8 Å². The van der Waals surface area contributed by atoms with E-state index < -0.39 is 11.5 Å². The van der Waals surface area contributed by atoms with E-state index in [-0.39, 0.29) is 0 Å². The number of hydrogen-bond acceptors (Lipinski definition) is 3. The summed E-state index contributed by atoms with van der Waals surface area (Å²) in [5.74, 6) is 0.885. The maximum atomic E-state index is 10.9. The predicted octanol–water partition coefficient (Wildman–Crippen LogP) is 1.58. The van der Waals surface area contributed by atoms with E-state index in [4.69, 9.17) is 5.11 Å². The van der Waals surface area contributed by atoms with Crippen molar-refractivity contribution in [3.05, 3.63) is 0 Å². The number of aliphatic carboxylic acids is 1. The van der Waals surface area contributed by atoms with Crippen LogP contribution in [0.25, 0.3) is 0 Å². The summed E-state index contributed by atoms with van der Waals surface area (Å²) in [7, 11) is 0. The van der Waals surface area contributed by atoms with E-state index in [2.05, 4.69) is 12.2 Å². The van der Waals surface area contributed by atoms with Crippen molar-refractivity contribution in [3.63, 3.8) is 0 Å². The number of rotatable bonds is 7. The van der Waals surface area contributed by atoms with Gasteiger partial charge in [0.15, 0.2) is 0 Å². The number of likely N-dealkylation sites (N-methyl/N-ethyl adjacent to an activating group) is 1. The minimum absolute atomic E-state index is 0.629. The Kier molecular flexibility index (Phi) is 6.16. The zero-order chi connectivity index (χ0) is 10.3. The fourth-order valence-electron chi connectivity index (χ4n) is 0.999. The summed E-state index contributed by atoms with van der Waals surface area (Å²) in [4.78, 5) is 10.9. The summed E-state index contributed by atoms with van der Waals surface area (Å²) in [5, 5.41) is 12.0. The molecule has 4 heteroatoms. The van der Waals surface area contributed by atoms with Gasteiger partial charge < -0.3 is 10.4 Å². The highest BCUT2D eigenvalue weighted by Crippen LogP contribution is 2.14. The van der Waals surface area contributed by atoms with Crippen molar-refractivity contribution >= 4 is 17.7 Å². The molecule has 1 unspecified atom stereocenters. The number of hydrogen-bond donors (Lipinski definition) is 2. The first-order chi connectivity index (χ1) is 6.06. The summed E-state index contributed by atoms with van der Waals surface area (Å²) in [5.41, 5.74) is -0.769. The first-order valence-corrected chi connectivity index (χ1v) is 5.78. The standard InChI is InChI=1S/C9H19NO2S/c1-4-6-13-7-9(3,8(11)12)10-5-2/h10H,4-7H2,1-3H3,(H,11,12). The molecule has 0 saturated carbocycles. The average Bonchev–Trinajstić information content (AvgIpc) is 2.05. The van der Waals surface area contributed by atoms with Crippen molar-refractivity contribution in [1.29, 1.82) is 0 Å². The van der Waals surface area contributed by atoms with Crippen molar-refractivity contribution in [2.24, 2.45) is 0 Å². The second-order valence-corrected chi connectivity index (χ2v) is 4.33. The van der Waals surface area contributed by atoms with Gasteiger partial charge >= 0.3 is 5.97 Å². The van der Waals surface area contributed by atoms with E-state index in [1.807, 2.05) is 6.92 Å². The smallest absolute Gasteiger partial charge is 0.324 e. The van der Waals surface area contributed by atoms with Gasteiger partial charge in [0.05, 0.1) is 0 Å². The largest absolute Gasteiger partial charge is 0.480 e. The molecule has 0 aliphatic rings. The van der Waals surface area contributed by atoms with Crippen LogP contribution in [0, 0.1) is 0 Å². The zero-order valence-electron chi connectivity index (χ0n) is 8.59. The van der Waals surface area contributed by atoms with Gasteiger partial charge in [-0.05, 0) is 25.6 Å². The van der Waals surface area contributed by atoms with Crippen LogP contribution in [0.15, 0.2) is 0 Å².